The molecule has 0 bridgehead atoms. The molecule has 0 saturated carbocycles. The number of carboxylic acids is 1. The zero-order valence-electron chi connectivity index (χ0n) is 19.4. The zero-order valence-corrected chi connectivity index (χ0v) is 20.2. The Hall–Kier alpha value is -4.78. The molecule has 3 rings (SSSR count). The van der Waals surface area contributed by atoms with Gasteiger partial charge in [-0.1, -0.05) is 11.6 Å². The fraction of sp³-hybridized carbons (Fsp3) is 0.174. The zero-order chi connectivity index (χ0) is 26.8. The normalized spacial score (nSPS) is 11.5. The molecule has 0 aliphatic carbocycles. The molecule has 0 fully saturated rings. The van der Waals surface area contributed by atoms with Gasteiger partial charge in [-0.3, -0.25) is 19.7 Å². The molecule has 0 saturated heterocycles. The van der Waals surface area contributed by atoms with E-state index in [2.05, 4.69) is 31.5 Å². The van der Waals surface area contributed by atoms with Crippen LogP contribution in [-0.2, 0) is 19.1 Å². The van der Waals surface area contributed by atoms with Crippen LogP contribution in [0.5, 0.6) is 0 Å². The summed E-state index contributed by atoms with van der Waals surface area (Å²) in [5, 5.41) is 27.7. The van der Waals surface area contributed by atoms with Crippen LogP contribution in [0.1, 0.15) is 18.9 Å². The highest BCUT2D eigenvalue weighted by Crippen LogP contribution is 2.20. The van der Waals surface area contributed by atoms with Crippen molar-refractivity contribution in [2.45, 2.75) is 19.4 Å². The van der Waals surface area contributed by atoms with Crippen LogP contribution >= 0.6 is 11.6 Å². The van der Waals surface area contributed by atoms with Gasteiger partial charge in [-0.05, 0) is 65.9 Å². The van der Waals surface area contributed by atoms with Gasteiger partial charge < -0.3 is 20.5 Å². The Balaban J connectivity index is 1.51. The average Bonchev–Trinajstić information content (AvgIpc) is 3.38. The Kier molecular flexibility index (Phi) is 9.27. The number of halogens is 1. The lowest BCUT2D eigenvalue weighted by molar-refractivity contribution is -0.137. The van der Waals surface area contributed by atoms with E-state index in [1.807, 2.05) is 0 Å². The number of carbonyl (C=O) groups is 4. The summed E-state index contributed by atoms with van der Waals surface area (Å²) in [7, 11) is 0. The molecule has 0 spiro atoms. The van der Waals surface area contributed by atoms with E-state index in [4.69, 9.17) is 21.4 Å². The molecule has 1 atom stereocenters. The van der Waals surface area contributed by atoms with Crippen molar-refractivity contribution in [3.63, 3.8) is 0 Å². The van der Waals surface area contributed by atoms with Crippen molar-refractivity contribution >= 4 is 52.9 Å². The second-order valence-electron chi connectivity index (χ2n) is 7.49. The first-order valence-electron chi connectivity index (χ1n) is 10.8. The molecule has 0 radical (unpaired) electrons. The summed E-state index contributed by atoms with van der Waals surface area (Å²) >= 11 is 6.07. The van der Waals surface area contributed by atoms with E-state index >= 15 is 0 Å². The Morgan fingerprint density at radius 3 is 2.46 bits per heavy atom. The Bertz CT molecular complexity index is 1300. The molecular formula is C23H22ClN7O6. The molecule has 0 unspecified atom stereocenters. The molecule has 0 aliphatic heterocycles. The van der Waals surface area contributed by atoms with Gasteiger partial charge >= 0.3 is 12.1 Å². The van der Waals surface area contributed by atoms with Crippen LogP contribution in [-0.4, -0.2) is 61.8 Å². The van der Waals surface area contributed by atoms with Gasteiger partial charge in [-0.2, -0.15) is 4.68 Å². The third-order valence-corrected chi connectivity index (χ3v) is 4.93. The summed E-state index contributed by atoms with van der Waals surface area (Å²) in [6.45, 7) is 1.27. The topological polar surface area (TPSA) is 177 Å². The van der Waals surface area contributed by atoms with Crippen LogP contribution in [0.4, 0.5) is 16.2 Å². The summed E-state index contributed by atoms with van der Waals surface area (Å²) in [5.74, 6) is -2.05. The molecule has 3 aromatic rings. The van der Waals surface area contributed by atoms with Crippen LogP contribution in [0.2, 0.25) is 5.02 Å². The molecular weight excluding hydrogens is 506 g/mol. The number of aliphatic carboxylic acids is 1. The number of nitrogens with one attached hydrogen (secondary N) is 3. The average molecular weight is 528 g/mol. The second kappa shape index (κ2) is 12.8. The van der Waals surface area contributed by atoms with Crippen molar-refractivity contribution in [1.82, 2.24) is 25.5 Å². The Morgan fingerprint density at radius 1 is 1.11 bits per heavy atom. The number of amides is 3. The van der Waals surface area contributed by atoms with Crippen LogP contribution < -0.4 is 16.0 Å². The van der Waals surface area contributed by atoms with Crippen molar-refractivity contribution in [2.24, 2.45) is 0 Å². The number of carboxylic acid groups (broad SMARTS) is 1. The smallest absolute Gasteiger partial charge is 0.411 e. The number of aromatic nitrogens is 4. The first kappa shape index (κ1) is 26.8. The number of ether oxygens (including phenoxy) is 1. The standard InChI is InChI=1S/C23H22ClN7O6/c1-14(22(35)27-17-4-6-18(7-5-17)28-23(36)37-11-10-21(33)34)26-20(32)9-2-15-12-16(24)3-8-19(15)31-13-25-29-30-31/h2-9,12-14H,10-11H2,1H3,(H,26,32)(H,27,35)(H,28,36)(H,33,34)/b9-2+/t14-/m0/s1. The fourth-order valence-electron chi connectivity index (χ4n) is 2.90. The summed E-state index contributed by atoms with van der Waals surface area (Å²) in [6.07, 6.45) is 3.10. The van der Waals surface area contributed by atoms with Crippen LogP contribution in [0.3, 0.4) is 0 Å². The van der Waals surface area contributed by atoms with E-state index in [0.717, 1.165) is 0 Å². The van der Waals surface area contributed by atoms with Gasteiger partial charge in [0.15, 0.2) is 0 Å². The number of hydrogen-bond donors (Lipinski definition) is 4. The third kappa shape index (κ3) is 8.43. The molecule has 3 amide bonds. The first-order valence-corrected chi connectivity index (χ1v) is 11.2. The molecule has 2 aromatic carbocycles. The fourth-order valence-corrected chi connectivity index (χ4v) is 3.08. The number of nitrogens with zero attached hydrogens (tertiary/aromatic N) is 4. The second-order valence-corrected chi connectivity index (χ2v) is 7.93. The maximum atomic E-state index is 12.5. The maximum absolute atomic E-state index is 12.5. The van der Waals surface area contributed by atoms with E-state index in [1.165, 1.54) is 42.2 Å². The minimum Gasteiger partial charge on any atom is -0.481 e. The van der Waals surface area contributed by atoms with Gasteiger partial charge in [0.25, 0.3) is 0 Å². The van der Waals surface area contributed by atoms with Crippen LogP contribution in [0.15, 0.2) is 54.9 Å². The maximum Gasteiger partial charge on any atom is 0.411 e. The van der Waals surface area contributed by atoms with Gasteiger partial charge in [0, 0.05) is 28.0 Å². The monoisotopic (exact) mass is 527 g/mol. The van der Waals surface area contributed by atoms with Crippen molar-refractivity contribution in [2.75, 3.05) is 17.2 Å². The van der Waals surface area contributed by atoms with E-state index < -0.39 is 29.9 Å². The molecule has 37 heavy (non-hydrogen) atoms. The number of carbonyl (C=O) groups excluding carboxylic acids is 3. The summed E-state index contributed by atoms with van der Waals surface area (Å²) < 4.78 is 6.16. The van der Waals surface area contributed by atoms with Crippen molar-refractivity contribution in [1.29, 1.82) is 0 Å². The number of tetrazole rings is 1. The van der Waals surface area contributed by atoms with Gasteiger partial charge in [0.2, 0.25) is 11.8 Å². The predicted molar refractivity (Wildman–Crippen MR) is 133 cm³/mol. The highest BCUT2D eigenvalue weighted by atomic mass is 35.5. The van der Waals surface area contributed by atoms with Crippen LogP contribution in [0, 0.1) is 0 Å². The SMILES string of the molecule is C[C@H](NC(=O)/C=C/c1cc(Cl)ccc1-n1cnnn1)C(=O)Nc1ccc(NC(=O)OCCC(=O)O)cc1. The van der Waals surface area contributed by atoms with E-state index in [-0.39, 0.29) is 13.0 Å². The lowest BCUT2D eigenvalue weighted by Gasteiger charge is -2.13. The van der Waals surface area contributed by atoms with Gasteiger partial charge in [-0.25, -0.2) is 4.79 Å². The van der Waals surface area contributed by atoms with Crippen molar-refractivity contribution in [3.05, 3.63) is 65.5 Å². The molecule has 14 heteroatoms. The number of hydrogen-bond acceptors (Lipinski definition) is 8. The Labute approximate surface area is 215 Å². The Morgan fingerprint density at radius 2 is 1.81 bits per heavy atom. The van der Waals surface area contributed by atoms with Gasteiger partial charge in [0.1, 0.15) is 19.0 Å². The molecule has 0 aliphatic rings. The summed E-state index contributed by atoms with van der Waals surface area (Å²) in [4.78, 5) is 46.9. The third-order valence-electron chi connectivity index (χ3n) is 4.70. The predicted octanol–water partition coefficient (Wildman–Crippen LogP) is 2.50. The lowest BCUT2D eigenvalue weighted by atomic mass is 10.1. The quantitative estimate of drug-likeness (QED) is 0.288. The molecule has 192 valence electrons. The van der Waals surface area contributed by atoms with E-state index in [9.17, 15) is 19.2 Å². The minimum atomic E-state index is -1.08. The minimum absolute atomic E-state index is 0.256. The van der Waals surface area contributed by atoms with Crippen molar-refractivity contribution < 1.29 is 29.0 Å². The van der Waals surface area contributed by atoms with E-state index in [1.54, 1.807) is 30.3 Å². The van der Waals surface area contributed by atoms with Gasteiger partial charge in [0.05, 0.1) is 12.1 Å². The highest BCUT2D eigenvalue weighted by molar-refractivity contribution is 6.30. The summed E-state index contributed by atoms with van der Waals surface area (Å²) in [6, 6.07) is 10.3. The first-order chi connectivity index (χ1) is 17.7. The molecule has 13 nitrogen and oxygen atoms in total. The molecule has 1 aromatic heterocycles. The number of rotatable bonds is 10. The molecule has 4 N–H and O–H groups in total. The van der Waals surface area contributed by atoms with E-state index in [0.29, 0.717) is 27.6 Å². The molecule has 1 heterocycles. The lowest BCUT2D eigenvalue weighted by Crippen LogP contribution is -2.40. The largest absolute Gasteiger partial charge is 0.481 e. The highest BCUT2D eigenvalue weighted by Gasteiger charge is 2.15. The van der Waals surface area contributed by atoms with Crippen molar-refractivity contribution in [3.8, 4) is 5.69 Å². The number of benzene rings is 2. The number of anilines is 2. The summed E-state index contributed by atoms with van der Waals surface area (Å²) in [5.41, 5.74) is 2.01. The van der Waals surface area contributed by atoms with Gasteiger partial charge in [-0.15, -0.1) is 5.10 Å². The van der Waals surface area contributed by atoms with Crippen LogP contribution in [0.25, 0.3) is 11.8 Å².